The maximum Gasteiger partial charge on any atom is 0.227 e. The van der Waals surface area contributed by atoms with Crippen LogP contribution in [0, 0.1) is 5.82 Å². The number of nitrogens with zero attached hydrogens (tertiary/aromatic N) is 2. The molecule has 1 atom stereocenters. The lowest BCUT2D eigenvalue weighted by Crippen LogP contribution is -2.19. The molecule has 24 heavy (non-hydrogen) atoms. The number of hydrogen-bond acceptors (Lipinski definition) is 5. The molecule has 3 aromatic rings. The number of thioether (sulfide) groups is 1. The van der Waals surface area contributed by atoms with Crippen LogP contribution in [0.4, 0.5) is 4.39 Å². The topological polar surface area (TPSA) is 60.0 Å². The van der Waals surface area contributed by atoms with Crippen molar-refractivity contribution in [3.8, 4) is 5.75 Å². The Balaban J connectivity index is 1.60. The molecule has 0 saturated heterocycles. The fraction of sp³-hybridized carbons (Fsp3) is 0.176. The van der Waals surface area contributed by atoms with Crippen molar-refractivity contribution in [2.45, 2.75) is 23.8 Å². The van der Waals surface area contributed by atoms with E-state index in [0.29, 0.717) is 23.3 Å². The third-order valence-corrected chi connectivity index (χ3v) is 4.58. The van der Waals surface area contributed by atoms with Gasteiger partial charge in [-0.3, -0.25) is 5.10 Å². The lowest BCUT2D eigenvalue weighted by Gasteiger charge is -2.28. The van der Waals surface area contributed by atoms with E-state index in [2.05, 4.69) is 15.2 Å². The molecular formula is C17H14FN3O2S. The van der Waals surface area contributed by atoms with Crippen LogP contribution < -0.4 is 4.74 Å². The monoisotopic (exact) mass is 343 g/mol. The van der Waals surface area contributed by atoms with Gasteiger partial charge >= 0.3 is 0 Å². The molecule has 0 radical (unpaired) electrons. The van der Waals surface area contributed by atoms with Crippen molar-refractivity contribution in [3.05, 3.63) is 71.3 Å². The first-order valence-corrected chi connectivity index (χ1v) is 8.41. The molecule has 0 bridgehead atoms. The van der Waals surface area contributed by atoms with Gasteiger partial charge in [0.2, 0.25) is 6.29 Å². The highest BCUT2D eigenvalue weighted by Crippen LogP contribution is 2.38. The highest BCUT2D eigenvalue weighted by molar-refractivity contribution is 7.98. The second-order valence-electron chi connectivity index (χ2n) is 5.30. The van der Waals surface area contributed by atoms with Crippen molar-refractivity contribution < 1.29 is 13.9 Å². The van der Waals surface area contributed by atoms with Gasteiger partial charge in [-0.25, -0.2) is 9.37 Å². The quantitative estimate of drug-likeness (QED) is 0.729. The molecule has 122 valence electrons. The lowest BCUT2D eigenvalue weighted by molar-refractivity contribution is -0.112. The zero-order valence-electron chi connectivity index (χ0n) is 12.6. The van der Waals surface area contributed by atoms with Crippen LogP contribution >= 0.6 is 11.8 Å². The molecule has 2 heterocycles. The summed E-state index contributed by atoms with van der Waals surface area (Å²) in [6.45, 7) is 0.312. The Morgan fingerprint density at radius 3 is 2.92 bits per heavy atom. The van der Waals surface area contributed by atoms with E-state index in [-0.39, 0.29) is 5.82 Å². The molecule has 2 aromatic carbocycles. The van der Waals surface area contributed by atoms with E-state index in [0.717, 1.165) is 16.7 Å². The number of aromatic amines is 1. The summed E-state index contributed by atoms with van der Waals surface area (Å²) in [6.07, 6.45) is 0.956. The number of fused-ring (bicyclic) bond motifs is 1. The van der Waals surface area contributed by atoms with Gasteiger partial charge in [0.15, 0.2) is 5.16 Å². The van der Waals surface area contributed by atoms with Crippen LogP contribution in [-0.4, -0.2) is 15.2 Å². The summed E-state index contributed by atoms with van der Waals surface area (Å²) in [5.41, 5.74) is 2.42. The summed E-state index contributed by atoms with van der Waals surface area (Å²) >= 11 is 1.44. The molecule has 1 aliphatic heterocycles. The van der Waals surface area contributed by atoms with Crippen molar-refractivity contribution in [2.24, 2.45) is 0 Å². The van der Waals surface area contributed by atoms with Gasteiger partial charge in [0.1, 0.15) is 17.9 Å². The average Bonchev–Trinajstić information content (AvgIpc) is 3.13. The smallest absolute Gasteiger partial charge is 0.227 e. The predicted octanol–water partition coefficient (Wildman–Crippen LogP) is 3.84. The maximum atomic E-state index is 13.9. The summed E-state index contributed by atoms with van der Waals surface area (Å²) in [4.78, 5) is 4.07. The molecule has 1 aliphatic rings. The Labute approximate surface area is 142 Å². The van der Waals surface area contributed by atoms with Crippen LogP contribution in [0.2, 0.25) is 0 Å². The number of aromatic nitrogens is 3. The summed E-state index contributed by atoms with van der Waals surface area (Å²) < 4.78 is 25.6. The molecule has 5 nitrogen and oxygen atoms in total. The largest absolute Gasteiger partial charge is 0.460 e. The van der Waals surface area contributed by atoms with Gasteiger partial charge in [-0.15, -0.1) is 0 Å². The van der Waals surface area contributed by atoms with Gasteiger partial charge < -0.3 is 9.47 Å². The SMILES string of the molecule is Fc1cc2c(c(CSc3ncn[nH]3)c1)O[C@@H](c1ccccc1)OC2. The van der Waals surface area contributed by atoms with Crippen molar-refractivity contribution >= 4 is 11.8 Å². The lowest BCUT2D eigenvalue weighted by atomic mass is 10.1. The number of rotatable bonds is 4. The van der Waals surface area contributed by atoms with Crippen LogP contribution in [0.3, 0.4) is 0 Å². The van der Waals surface area contributed by atoms with E-state index in [4.69, 9.17) is 9.47 Å². The van der Waals surface area contributed by atoms with Gasteiger partial charge in [-0.1, -0.05) is 42.1 Å². The summed E-state index contributed by atoms with van der Waals surface area (Å²) in [7, 11) is 0. The van der Waals surface area contributed by atoms with Crippen LogP contribution in [0.1, 0.15) is 23.0 Å². The highest BCUT2D eigenvalue weighted by atomic mass is 32.2. The first kappa shape index (κ1) is 15.2. The van der Waals surface area contributed by atoms with Crippen LogP contribution in [0.25, 0.3) is 0 Å². The maximum absolute atomic E-state index is 13.9. The molecule has 0 amide bonds. The van der Waals surface area contributed by atoms with Crippen molar-refractivity contribution in [1.82, 2.24) is 15.2 Å². The third-order valence-electron chi connectivity index (χ3n) is 3.65. The van der Waals surface area contributed by atoms with Crippen LogP contribution in [0.5, 0.6) is 5.75 Å². The summed E-state index contributed by atoms with van der Waals surface area (Å²) in [5, 5.41) is 7.27. The van der Waals surface area contributed by atoms with Crippen molar-refractivity contribution in [2.75, 3.05) is 0 Å². The molecule has 0 aliphatic carbocycles. The number of ether oxygens (including phenoxy) is 2. The van der Waals surface area contributed by atoms with Gasteiger partial charge in [-0.2, -0.15) is 5.10 Å². The average molecular weight is 343 g/mol. The standard InChI is InChI=1S/C17H14FN3O2S/c18-14-6-12-8-22-16(11-4-2-1-3-5-11)23-15(12)13(7-14)9-24-17-19-10-20-21-17/h1-7,10,16H,8-9H2,(H,19,20,21)/t16-/m0/s1. The second-order valence-corrected chi connectivity index (χ2v) is 6.27. The molecular weight excluding hydrogens is 329 g/mol. The number of hydrogen-bond donors (Lipinski definition) is 1. The molecule has 0 saturated carbocycles. The van der Waals surface area contributed by atoms with E-state index >= 15 is 0 Å². The molecule has 0 unspecified atom stereocenters. The number of nitrogens with one attached hydrogen (secondary N) is 1. The van der Waals surface area contributed by atoms with Crippen molar-refractivity contribution in [3.63, 3.8) is 0 Å². The molecule has 7 heteroatoms. The summed E-state index contributed by atoms with van der Waals surface area (Å²) in [5.74, 6) is 0.910. The predicted molar refractivity (Wildman–Crippen MR) is 86.9 cm³/mol. The van der Waals surface area contributed by atoms with E-state index in [1.807, 2.05) is 30.3 Å². The Bertz CT molecular complexity index is 827. The minimum absolute atomic E-state index is 0.299. The van der Waals surface area contributed by atoms with E-state index in [9.17, 15) is 4.39 Å². The van der Waals surface area contributed by atoms with Gasteiger partial charge in [0.05, 0.1) is 6.61 Å². The zero-order valence-corrected chi connectivity index (χ0v) is 13.4. The van der Waals surface area contributed by atoms with Crippen LogP contribution in [-0.2, 0) is 17.1 Å². The van der Waals surface area contributed by atoms with E-state index in [1.165, 1.54) is 30.2 Å². The Morgan fingerprint density at radius 2 is 2.12 bits per heavy atom. The third kappa shape index (κ3) is 3.13. The Kier molecular flexibility index (Phi) is 4.18. The molecule has 4 rings (SSSR count). The molecule has 1 aromatic heterocycles. The number of benzene rings is 2. The van der Waals surface area contributed by atoms with Gasteiger partial charge in [0.25, 0.3) is 0 Å². The minimum Gasteiger partial charge on any atom is -0.460 e. The Hall–Kier alpha value is -2.38. The molecule has 1 N–H and O–H groups in total. The van der Waals surface area contributed by atoms with E-state index in [1.54, 1.807) is 0 Å². The summed E-state index contributed by atoms with van der Waals surface area (Å²) in [6, 6.07) is 12.7. The fourth-order valence-electron chi connectivity index (χ4n) is 2.57. The Morgan fingerprint density at radius 1 is 1.25 bits per heavy atom. The zero-order chi connectivity index (χ0) is 16.4. The molecule has 0 fully saturated rings. The first-order chi connectivity index (χ1) is 11.8. The normalized spacial score (nSPS) is 16.5. The van der Waals surface area contributed by atoms with E-state index < -0.39 is 6.29 Å². The highest BCUT2D eigenvalue weighted by Gasteiger charge is 2.25. The molecule has 0 spiro atoms. The fourth-order valence-corrected chi connectivity index (χ4v) is 3.31. The van der Waals surface area contributed by atoms with Gasteiger partial charge in [-0.05, 0) is 12.1 Å². The number of H-pyrrole nitrogens is 1. The van der Waals surface area contributed by atoms with Crippen molar-refractivity contribution in [1.29, 1.82) is 0 Å². The number of halogens is 1. The first-order valence-electron chi connectivity index (χ1n) is 7.42. The van der Waals surface area contributed by atoms with Crippen LogP contribution in [0.15, 0.2) is 53.9 Å². The minimum atomic E-state index is -0.488. The van der Waals surface area contributed by atoms with Gasteiger partial charge in [0, 0.05) is 22.4 Å². The second kappa shape index (κ2) is 6.62.